The number of carboxylic acids is 1. The lowest BCUT2D eigenvalue weighted by Crippen LogP contribution is -2.36. The van der Waals surface area contributed by atoms with Crippen molar-refractivity contribution in [3.05, 3.63) is 0 Å². The van der Waals surface area contributed by atoms with E-state index in [-0.39, 0.29) is 12.4 Å². The highest BCUT2D eigenvalue weighted by Crippen LogP contribution is 2.44. The lowest BCUT2D eigenvalue weighted by molar-refractivity contribution is -0.140. The molecule has 0 radical (unpaired) electrons. The Kier molecular flexibility index (Phi) is 2.96. The van der Waals surface area contributed by atoms with Gasteiger partial charge >= 0.3 is 5.97 Å². The molecule has 2 N–H and O–H groups in total. The normalized spacial score (nSPS) is 37.8. The lowest BCUT2D eigenvalue weighted by atomic mass is 9.65. The van der Waals surface area contributed by atoms with Crippen LogP contribution in [0, 0.1) is 17.8 Å². The minimum Gasteiger partial charge on any atom is -0.481 e. The summed E-state index contributed by atoms with van der Waals surface area (Å²) in [4.78, 5) is 10.4. The van der Waals surface area contributed by atoms with Crippen molar-refractivity contribution in [3.63, 3.8) is 0 Å². The van der Waals surface area contributed by atoms with Gasteiger partial charge in [-0.1, -0.05) is 0 Å². The quantitative estimate of drug-likeness (QED) is 0.677. The summed E-state index contributed by atoms with van der Waals surface area (Å²) >= 11 is 0. The van der Waals surface area contributed by atoms with E-state index in [1.54, 1.807) is 0 Å². The zero-order valence-corrected chi connectivity index (χ0v) is 7.64. The van der Waals surface area contributed by atoms with Crippen LogP contribution in [0.25, 0.3) is 0 Å². The maximum absolute atomic E-state index is 10.4. The number of carbonyl (C=O) groups is 1. The topological polar surface area (TPSA) is 49.3 Å². The maximum Gasteiger partial charge on any atom is 0.303 e. The highest BCUT2D eigenvalue weighted by Gasteiger charge is 2.44. The minimum absolute atomic E-state index is 0. The molecular weight excluding hydrogens is 178 g/mol. The number of halogens is 1. The Hall–Kier alpha value is -0.280. The van der Waals surface area contributed by atoms with Crippen molar-refractivity contribution < 1.29 is 9.90 Å². The predicted octanol–water partition coefficient (Wildman–Crippen LogP) is 0.738. The SMILES string of the molecule is Cl.O=C(O)CC1CC2CNCC21. The van der Waals surface area contributed by atoms with Crippen LogP contribution in [0.4, 0.5) is 0 Å². The van der Waals surface area contributed by atoms with E-state index in [1.807, 2.05) is 0 Å². The second-order valence-corrected chi connectivity index (χ2v) is 3.68. The highest BCUT2D eigenvalue weighted by molar-refractivity contribution is 5.85. The standard InChI is InChI=1S/C8H13NO2.ClH/c10-8(11)2-5-1-6-3-9-4-7(5)6;/h5-7,9H,1-4H2,(H,10,11);1H. The molecule has 2 rings (SSSR count). The second-order valence-electron chi connectivity index (χ2n) is 3.68. The number of fused-ring (bicyclic) bond motifs is 1. The van der Waals surface area contributed by atoms with E-state index in [4.69, 9.17) is 5.11 Å². The fourth-order valence-electron chi connectivity index (χ4n) is 2.39. The number of aliphatic carboxylic acids is 1. The molecule has 3 atom stereocenters. The monoisotopic (exact) mass is 191 g/mol. The van der Waals surface area contributed by atoms with Crippen molar-refractivity contribution in [2.24, 2.45) is 17.8 Å². The molecule has 0 aromatic heterocycles. The Bertz CT molecular complexity index is 186. The van der Waals surface area contributed by atoms with Crippen LogP contribution in [0.1, 0.15) is 12.8 Å². The van der Waals surface area contributed by atoms with Crippen LogP contribution in [0.3, 0.4) is 0 Å². The molecule has 3 unspecified atom stereocenters. The summed E-state index contributed by atoms with van der Waals surface area (Å²) in [7, 11) is 0. The smallest absolute Gasteiger partial charge is 0.303 e. The van der Waals surface area contributed by atoms with E-state index in [0.29, 0.717) is 18.3 Å². The minimum atomic E-state index is -0.639. The van der Waals surface area contributed by atoms with Gasteiger partial charge in [-0.3, -0.25) is 4.79 Å². The van der Waals surface area contributed by atoms with Gasteiger partial charge in [-0.15, -0.1) is 12.4 Å². The molecule has 3 nitrogen and oxygen atoms in total. The van der Waals surface area contributed by atoms with Crippen molar-refractivity contribution in [3.8, 4) is 0 Å². The van der Waals surface area contributed by atoms with E-state index < -0.39 is 5.97 Å². The van der Waals surface area contributed by atoms with E-state index in [9.17, 15) is 4.79 Å². The van der Waals surface area contributed by atoms with E-state index >= 15 is 0 Å². The van der Waals surface area contributed by atoms with Crippen LogP contribution in [0.2, 0.25) is 0 Å². The Balaban J connectivity index is 0.000000720. The summed E-state index contributed by atoms with van der Waals surface area (Å²) in [5.74, 6) is 1.29. The van der Waals surface area contributed by atoms with Gasteiger partial charge in [0, 0.05) is 6.42 Å². The molecule has 4 heteroatoms. The molecule has 1 heterocycles. The summed E-state index contributed by atoms with van der Waals surface area (Å²) in [6.07, 6.45) is 1.51. The van der Waals surface area contributed by atoms with E-state index in [0.717, 1.165) is 25.4 Å². The van der Waals surface area contributed by atoms with E-state index in [1.165, 1.54) is 0 Å². The third kappa shape index (κ3) is 1.57. The molecule has 0 aromatic rings. The zero-order valence-electron chi connectivity index (χ0n) is 6.82. The maximum atomic E-state index is 10.4. The van der Waals surface area contributed by atoms with Gasteiger partial charge in [0.15, 0.2) is 0 Å². The van der Waals surface area contributed by atoms with Gasteiger partial charge in [0.2, 0.25) is 0 Å². The summed E-state index contributed by atoms with van der Waals surface area (Å²) in [5, 5.41) is 11.8. The van der Waals surface area contributed by atoms with Crippen molar-refractivity contribution in [1.82, 2.24) is 5.32 Å². The molecule has 0 aromatic carbocycles. The summed E-state index contributed by atoms with van der Waals surface area (Å²) < 4.78 is 0. The van der Waals surface area contributed by atoms with Gasteiger partial charge < -0.3 is 10.4 Å². The number of hydrogen-bond donors (Lipinski definition) is 2. The van der Waals surface area contributed by atoms with Crippen molar-refractivity contribution in [2.45, 2.75) is 12.8 Å². The first-order valence-corrected chi connectivity index (χ1v) is 4.20. The molecule has 1 aliphatic heterocycles. The van der Waals surface area contributed by atoms with E-state index in [2.05, 4.69) is 5.32 Å². The van der Waals surface area contributed by atoms with Gasteiger partial charge in [0.05, 0.1) is 0 Å². The largest absolute Gasteiger partial charge is 0.481 e. The van der Waals surface area contributed by atoms with Crippen molar-refractivity contribution >= 4 is 18.4 Å². The predicted molar refractivity (Wildman–Crippen MR) is 47.5 cm³/mol. The second kappa shape index (κ2) is 3.62. The molecule has 70 valence electrons. The Morgan fingerprint density at radius 1 is 1.50 bits per heavy atom. The molecule has 2 fully saturated rings. The lowest BCUT2D eigenvalue weighted by Gasteiger charge is -2.38. The fourth-order valence-corrected chi connectivity index (χ4v) is 2.39. The van der Waals surface area contributed by atoms with Crippen LogP contribution in [-0.2, 0) is 4.79 Å². The van der Waals surface area contributed by atoms with Crippen LogP contribution >= 0.6 is 12.4 Å². The summed E-state index contributed by atoms with van der Waals surface area (Å²) in [5.41, 5.74) is 0. The number of carboxylic acid groups (broad SMARTS) is 1. The van der Waals surface area contributed by atoms with Gasteiger partial charge in [-0.05, 0) is 37.3 Å². The molecule has 1 saturated carbocycles. The molecular formula is C8H14ClNO2. The third-order valence-corrected chi connectivity index (χ3v) is 3.04. The van der Waals surface area contributed by atoms with Gasteiger partial charge in [-0.25, -0.2) is 0 Å². The number of hydrogen-bond acceptors (Lipinski definition) is 2. The first-order chi connectivity index (χ1) is 5.27. The van der Waals surface area contributed by atoms with Crippen LogP contribution in [0.5, 0.6) is 0 Å². The number of rotatable bonds is 2. The average molecular weight is 192 g/mol. The molecule has 0 bridgehead atoms. The molecule has 12 heavy (non-hydrogen) atoms. The molecule has 0 spiro atoms. The van der Waals surface area contributed by atoms with Gasteiger partial charge in [-0.2, -0.15) is 0 Å². The summed E-state index contributed by atoms with van der Waals surface area (Å²) in [6.45, 7) is 2.16. The van der Waals surface area contributed by atoms with Crippen molar-refractivity contribution in [1.29, 1.82) is 0 Å². The molecule has 1 aliphatic carbocycles. The molecule has 1 saturated heterocycles. The Morgan fingerprint density at radius 3 is 2.83 bits per heavy atom. The number of nitrogens with one attached hydrogen (secondary N) is 1. The van der Waals surface area contributed by atoms with Gasteiger partial charge in [0.25, 0.3) is 0 Å². The first kappa shape index (κ1) is 9.81. The molecule has 0 amide bonds. The van der Waals surface area contributed by atoms with Crippen LogP contribution in [0.15, 0.2) is 0 Å². The first-order valence-electron chi connectivity index (χ1n) is 4.20. The van der Waals surface area contributed by atoms with Crippen molar-refractivity contribution in [2.75, 3.05) is 13.1 Å². The Labute approximate surface area is 77.9 Å². The Morgan fingerprint density at radius 2 is 2.25 bits per heavy atom. The van der Waals surface area contributed by atoms with Gasteiger partial charge in [0.1, 0.15) is 0 Å². The van der Waals surface area contributed by atoms with Crippen LogP contribution < -0.4 is 5.32 Å². The summed E-state index contributed by atoms with van der Waals surface area (Å²) in [6, 6.07) is 0. The fraction of sp³-hybridized carbons (Fsp3) is 0.875. The zero-order chi connectivity index (χ0) is 7.84. The molecule has 2 aliphatic rings. The van der Waals surface area contributed by atoms with Crippen LogP contribution in [-0.4, -0.2) is 24.2 Å². The third-order valence-electron chi connectivity index (χ3n) is 3.04. The highest BCUT2D eigenvalue weighted by atomic mass is 35.5. The average Bonchev–Trinajstić information content (AvgIpc) is 2.26.